The predicted octanol–water partition coefficient (Wildman–Crippen LogP) is 2.67. The number of nitrogens with zero attached hydrogens (tertiary/aromatic N) is 4. The SMILES string of the molecule is Cc1cc(C(=O)Nc2nnc(-c3ccco3)o2)nn1C(C)C. The molecule has 0 saturated carbocycles. The second-order valence-corrected chi connectivity index (χ2v) is 5.05. The van der Waals surface area contributed by atoms with Gasteiger partial charge in [0, 0.05) is 11.7 Å². The van der Waals surface area contributed by atoms with Crippen molar-refractivity contribution in [1.29, 1.82) is 0 Å². The number of anilines is 1. The van der Waals surface area contributed by atoms with E-state index in [0.717, 1.165) is 5.69 Å². The molecule has 0 aliphatic rings. The molecule has 1 N–H and O–H groups in total. The van der Waals surface area contributed by atoms with E-state index in [9.17, 15) is 4.79 Å². The molecule has 22 heavy (non-hydrogen) atoms. The highest BCUT2D eigenvalue weighted by Gasteiger charge is 2.17. The van der Waals surface area contributed by atoms with Gasteiger partial charge in [-0.25, -0.2) is 0 Å². The molecule has 3 rings (SSSR count). The first-order chi connectivity index (χ1) is 10.5. The first-order valence-electron chi connectivity index (χ1n) is 6.79. The molecule has 0 unspecified atom stereocenters. The lowest BCUT2D eigenvalue weighted by Crippen LogP contribution is -2.14. The van der Waals surface area contributed by atoms with Crippen molar-refractivity contribution in [3.05, 3.63) is 35.9 Å². The maximum Gasteiger partial charge on any atom is 0.322 e. The van der Waals surface area contributed by atoms with Gasteiger partial charge in [-0.2, -0.15) is 5.10 Å². The van der Waals surface area contributed by atoms with Gasteiger partial charge in [0.25, 0.3) is 11.8 Å². The fraction of sp³-hybridized carbons (Fsp3) is 0.286. The first kappa shape index (κ1) is 14.1. The number of aryl methyl sites for hydroxylation is 1. The van der Waals surface area contributed by atoms with Crippen LogP contribution in [0.25, 0.3) is 11.7 Å². The van der Waals surface area contributed by atoms with Crippen LogP contribution in [0.2, 0.25) is 0 Å². The summed E-state index contributed by atoms with van der Waals surface area (Å²) in [5.41, 5.74) is 1.20. The topological polar surface area (TPSA) is 99.0 Å². The van der Waals surface area contributed by atoms with Crippen molar-refractivity contribution in [3.8, 4) is 11.7 Å². The zero-order valence-electron chi connectivity index (χ0n) is 12.4. The van der Waals surface area contributed by atoms with E-state index in [2.05, 4.69) is 20.6 Å². The van der Waals surface area contributed by atoms with Crippen LogP contribution < -0.4 is 5.32 Å². The molecule has 3 aromatic heterocycles. The molecule has 0 saturated heterocycles. The van der Waals surface area contributed by atoms with E-state index in [4.69, 9.17) is 8.83 Å². The molecule has 0 aromatic carbocycles. The van der Waals surface area contributed by atoms with Crippen LogP contribution in [0.5, 0.6) is 0 Å². The van der Waals surface area contributed by atoms with Crippen LogP contribution in [0.4, 0.5) is 6.01 Å². The largest absolute Gasteiger partial charge is 0.459 e. The fourth-order valence-corrected chi connectivity index (χ4v) is 2.06. The van der Waals surface area contributed by atoms with E-state index in [-0.39, 0.29) is 17.9 Å². The third-order valence-electron chi connectivity index (χ3n) is 3.02. The summed E-state index contributed by atoms with van der Waals surface area (Å²) in [5, 5.41) is 14.3. The Morgan fingerprint density at radius 1 is 1.36 bits per heavy atom. The van der Waals surface area contributed by atoms with Crippen LogP contribution in [0, 0.1) is 6.92 Å². The minimum absolute atomic E-state index is 0.00634. The lowest BCUT2D eigenvalue weighted by atomic mass is 10.3. The van der Waals surface area contributed by atoms with Gasteiger partial charge in [0.1, 0.15) is 0 Å². The van der Waals surface area contributed by atoms with Crippen molar-refractivity contribution in [2.45, 2.75) is 26.8 Å². The molecule has 8 nitrogen and oxygen atoms in total. The average Bonchev–Trinajstić information content (AvgIpc) is 3.16. The molecule has 0 aliphatic carbocycles. The third kappa shape index (κ3) is 2.62. The number of amides is 1. The Labute approximate surface area is 126 Å². The number of hydrogen-bond acceptors (Lipinski definition) is 6. The summed E-state index contributed by atoms with van der Waals surface area (Å²) in [7, 11) is 0. The number of nitrogens with one attached hydrogen (secondary N) is 1. The van der Waals surface area contributed by atoms with Crippen LogP contribution in [-0.4, -0.2) is 25.9 Å². The van der Waals surface area contributed by atoms with Crippen LogP contribution >= 0.6 is 0 Å². The lowest BCUT2D eigenvalue weighted by molar-refractivity contribution is 0.101. The molecule has 0 bridgehead atoms. The van der Waals surface area contributed by atoms with E-state index >= 15 is 0 Å². The summed E-state index contributed by atoms with van der Waals surface area (Å²) in [4.78, 5) is 12.2. The van der Waals surface area contributed by atoms with E-state index in [0.29, 0.717) is 11.5 Å². The molecule has 1 amide bonds. The predicted molar refractivity (Wildman–Crippen MR) is 77.3 cm³/mol. The summed E-state index contributed by atoms with van der Waals surface area (Å²) in [6.45, 7) is 5.89. The van der Waals surface area contributed by atoms with Gasteiger partial charge in [0.15, 0.2) is 11.5 Å². The highest BCUT2D eigenvalue weighted by molar-refractivity contribution is 6.01. The molecular weight excluding hydrogens is 286 g/mol. The smallest absolute Gasteiger partial charge is 0.322 e. The highest BCUT2D eigenvalue weighted by atomic mass is 16.4. The number of rotatable bonds is 4. The summed E-state index contributed by atoms with van der Waals surface area (Å²) in [6.07, 6.45) is 1.50. The lowest BCUT2D eigenvalue weighted by Gasteiger charge is -2.06. The Morgan fingerprint density at radius 3 is 2.82 bits per heavy atom. The Balaban J connectivity index is 1.76. The maximum atomic E-state index is 12.2. The van der Waals surface area contributed by atoms with Crippen molar-refractivity contribution in [1.82, 2.24) is 20.0 Å². The molecule has 3 aromatic rings. The van der Waals surface area contributed by atoms with Crippen molar-refractivity contribution >= 4 is 11.9 Å². The normalized spacial score (nSPS) is 11.1. The van der Waals surface area contributed by atoms with E-state index in [1.165, 1.54) is 6.26 Å². The van der Waals surface area contributed by atoms with Gasteiger partial charge in [-0.3, -0.25) is 14.8 Å². The van der Waals surface area contributed by atoms with Gasteiger partial charge in [0.2, 0.25) is 0 Å². The van der Waals surface area contributed by atoms with Crippen LogP contribution in [-0.2, 0) is 0 Å². The van der Waals surface area contributed by atoms with E-state index in [1.54, 1.807) is 22.9 Å². The van der Waals surface area contributed by atoms with Gasteiger partial charge in [-0.05, 0) is 39.0 Å². The Bertz CT molecular complexity index is 785. The number of hydrogen-bond donors (Lipinski definition) is 1. The second-order valence-electron chi connectivity index (χ2n) is 5.05. The second kappa shape index (κ2) is 5.47. The zero-order valence-corrected chi connectivity index (χ0v) is 12.4. The first-order valence-corrected chi connectivity index (χ1v) is 6.79. The van der Waals surface area contributed by atoms with Crippen molar-refractivity contribution in [2.24, 2.45) is 0 Å². The average molecular weight is 301 g/mol. The minimum atomic E-state index is -0.405. The molecule has 0 aliphatic heterocycles. The maximum absolute atomic E-state index is 12.2. The molecule has 114 valence electrons. The van der Waals surface area contributed by atoms with Crippen LogP contribution in [0.15, 0.2) is 33.3 Å². The van der Waals surface area contributed by atoms with Gasteiger partial charge in [-0.1, -0.05) is 5.10 Å². The Morgan fingerprint density at radius 2 is 2.18 bits per heavy atom. The number of aromatic nitrogens is 4. The summed E-state index contributed by atoms with van der Waals surface area (Å²) in [6, 6.07) is 5.27. The molecule has 8 heteroatoms. The third-order valence-corrected chi connectivity index (χ3v) is 3.02. The van der Waals surface area contributed by atoms with E-state index < -0.39 is 5.91 Å². The number of furan rings is 1. The van der Waals surface area contributed by atoms with Crippen molar-refractivity contribution in [2.75, 3.05) is 5.32 Å². The van der Waals surface area contributed by atoms with Crippen LogP contribution in [0.1, 0.15) is 36.1 Å². The monoisotopic (exact) mass is 301 g/mol. The van der Waals surface area contributed by atoms with Gasteiger partial charge < -0.3 is 8.83 Å². The fourth-order valence-electron chi connectivity index (χ4n) is 2.06. The number of carbonyl (C=O) groups is 1. The van der Waals surface area contributed by atoms with Crippen molar-refractivity contribution < 1.29 is 13.6 Å². The molecule has 0 spiro atoms. The highest BCUT2D eigenvalue weighted by Crippen LogP contribution is 2.20. The molecule has 0 atom stereocenters. The van der Waals surface area contributed by atoms with Gasteiger partial charge in [0.05, 0.1) is 6.26 Å². The molecule has 3 heterocycles. The van der Waals surface area contributed by atoms with Crippen molar-refractivity contribution in [3.63, 3.8) is 0 Å². The number of carbonyl (C=O) groups excluding carboxylic acids is 1. The van der Waals surface area contributed by atoms with E-state index in [1.807, 2.05) is 20.8 Å². The minimum Gasteiger partial charge on any atom is -0.459 e. The molecule has 0 radical (unpaired) electrons. The van der Waals surface area contributed by atoms with Crippen LogP contribution in [0.3, 0.4) is 0 Å². The standard InChI is InChI=1S/C14H15N5O3/c1-8(2)19-9(3)7-10(18-19)12(20)15-14-17-16-13(22-14)11-5-4-6-21-11/h4-8H,1-3H3,(H,15,17,20). The molecule has 0 fully saturated rings. The Hall–Kier alpha value is -2.90. The quantitative estimate of drug-likeness (QED) is 0.795. The summed E-state index contributed by atoms with van der Waals surface area (Å²) < 4.78 is 12.2. The Kier molecular flexibility index (Phi) is 3.50. The molecular formula is C14H15N5O3. The van der Waals surface area contributed by atoms with Gasteiger partial charge >= 0.3 is 6.01 Å². The zero-order chi connectivity index (χ0) is 15.7. The summed E-state index contributed by atoms with van der Waals surface area (Å²) in [5.74, 6) is 0.231. The summed E-state index contributed by atoms with van der Waals surface area (Å²) >= 11 is 0. The van der Waals surface area contributed by atoms with Gasteiger partial charge in [-0.15, -0.1) is 5.10 Å².